The summed E-state index contributed by atoms with van der Waals surface area (Å²) in [6.07, 6.45) is 7.11. The first-order chi connectivity index (χ1) is 18.7. The van der Waals surface area contributed by atoms with Gasteiger partial charge in [0.1, 0.15) is 5.75 Å². The number of nitrogens with one attached hydrogen (secondary N) is 2. The molecule has 0 aliphatic heterocycles. The van der Waals surface area contributed by atoms with Crippen molar-refractivity contribution in [2.75, 3.05) is 17.7 Å². The molecule has 4 heterocycles. The summed E-state index contributed by atoms with van der Waals surface area (Å²) >= 11 is 0. The summed E-state index contributed by atoms with van der Waals surface area (Å²) in [5, 5.41) is 21.5. The van der Waals surface area contributed by atoms with Crippen molar-refractivity contribution >= 4 is 28.2 Å². The van der Waals surface area contributed by atoms with Crippen LogP contribution in [0.15, 0.2) is 91.5 Å². The average molecular weight is 502 g/mol. The Kier molecular flexibility index (Phi) is 6.03. The second kappa shape index (κ2) is 9.94. The molecule has 0 aliphatic carbocycles. The molecule has 0 spiro atoms. The summed E-state index contributed by atoms with van der Waals surface area (Å²) in [6.45, 7) is 1.99. The van der Waals surface area contributed by atoms with Crippen molar-refractivity contribution < 1.29 is 4.74 Å². The number of aryl methyl sites for hydroxylation is 1. The Bertz CT molecular complexity index is 1730. The summed E-state index contributed by atoms with van der Waals surface area (Å²) in [6, 6.07) is 21.1. The van der Waals surface area contributed by atoms with E-state index in [1.165, 1.54) is 0 Å². The van der Waals surface area contributed by atoms with E-state index in [1.807, 2.05) is 79.9 Å². The third-order valence-corrected chi connectivity index (χ3v) is 5.85. The highest BCUT2D eigenvalue weighted by Gasteiger charge is 2.13. The maximum Gasteiger partial charge on any atom is 0.228 e. The third kappa shape index (κ3) is 4.58. The zero-order chi connectivity index (χ0) is 25.9. The standard InChI is InChI=1S/C28H23N9O/c1-18-16-32-37(17-18)26-22-7-4-3-6-21(22)25(35-36-26)33-19-9-11-20(12-10-19)38-27-23(8-5-14-30-27)24-13-15-31-28(29-2)34-24/h3-17H,1-2H3,(H,33,35)(H,29,31,34). The van der Waals surface area contributed by atoms with Crippen LogP contribution in [0.5, 0.6) is 11.6 Å². The first kappa shape index (κ1) is 23.0. The molecular formula is C28H23N9O. The molecule has 0 atom stereocenters. The van der Waals surface area contributed by atoms with Gasteiger partial charge < -0.3 is 15.4 Å². The van der Waals surface area contributed by atoms with Crippen molar-refractivity contribution in [3.05, 3.63) is 97.1 Å². The number of hydrogen-bond donors (Lipinski definition) is 2. The van der Waals surface area contributed by atoms with Gasteiger partial charge in [0, 0.05) is 42.1 Å². The van der Waals surface area contributed by atoms with Crippen molar-refractivity contribution in [2.24, 2.45) is 0 Å². The second-order valence-corrected chi connectivity index (χ2v) is 8.50. The molecule has 38 heavy (non-hydrogen) atoms. The number of ether oxygens (including phenoxy) is 1. The second-order valence-electron chi connectivity index (χ2n) is 8.50. The molecule has 0 saturated heterocycles. The van der Waals surface area contributed by atoms with E-state index in [0.717, 1.165) is 27.6 Å². The van der Waals surface area contributed by atoms with Crippen molar-refractivity contribution in [3.8, 4) is 28.7 Å². The summed E-state index contributed by atoms with van der Waals surface area (Å²) in [4.78, 5) is 13.1. The molecule has 2 aromatic carbocycles. The summed E-state index contributed by atoms with van der Waals surface area (Å²) in [5.41, 5.74) is 3.38. The Morgan fingerprint density at radius 1 is 0.842 bits per heavy atom. The first-order valence-corrected chi connectivity index (χ1v) is 12.0. The fourth-order valence-electron chi connectivity index (χ4n) is 4.03. The fraction of sp³-hybridized carbons (Fsp3) is 0.0714. The van der Waals surface area contributed by atoms with Gasteiger partial charge in [0.2, 0.25) is 11.8 Å². The largest absolute Gasteiger partial charge is 0.438 e. The molecule has 0 amide bonds. The zero-order valence-corrected chi connectivity index (χ0v) is 20.7. The highest BCUT2D eigenvalue weighted by Crippen LogP contribution is 2.32. The fourth-order valence-corrected chi connectivity index (χ4v) is 4.03. The lowest BCUT2D eigenvalue weighted by Crippen LogP contribution is -2.04. The minimum Gasteiger partial charge on any atom is -0.438 e. The van der Waals surface area contributed by atoms with Crippen LogP contribution >= 0.6 is 0 Å². The maximum atomic E-state index is 6.12. The van der Waals surface area contributed by atoms with Gasteiger partial charge in [-0.3, -0.25) is 0 Å². The van der Waals surface area contributed by atoms with Crippen LogP contribution in [0, 0.1) is 6.92 Å². The molecule has 6 aromatic rings. The molecule has 4 aromatic heterocycles. The molecule has 0 aliphatic rings. The van der Waals surface area contributed by atoms with Crippen LogP contribution in [0.3, 0.4) is 0 Å². The van der Waals surface area contributed by atoms with Crippen LogP contribution in [0.4, 0.5) is 17.5 Å². The van der Waals surface area contributed by atoms with Gasteiger partial charge in [0.05, 0.1) is 17.5 Å². The van der Waals surface area contributed by atoms with Crippen molar-refractivity contribution in [2.45, 2.75) is 6.92 Å². The van der Waals surface area contributed by atoms with E-state index < -0.39 is 0 Å². The van der Waals surface area contributed by atoms with Gasteiger partial charge >= 0.3 is 0 Å². The minimum absolute atomic E-state index is 0.454. The van der Waals surface area contributed by atoms with Crippen LogP contribution < -0.4 is 15.4 Å². The van der Waals surface area contributed by atoms with Gasteiger partial charge in [0.15, 0.2) is 11.6 Å². The number of rotatable bonds is 7. The lowest BCUT2D eigenvalue weighted by Gasteiger charge is -2.12. The zero-order valence-electron chi connectivity index (χ0n) is 20.7. The lowest BCUT2D eigenvalue weighted by molar-refractivity contribution is 0.465. The number of anilines is 3. The molecule has 0 saturated carbocycles. The van der Waals surface area contributed by atoms with E-state index in [4.69, 9.17) is 4.74 Å². The number of fused-ring (bicyclic) bond motifs is 1. The van der Waals surface area contributed by atoms with Crippen LogP contribution in [0.2, 0.25) is 0 Å². The Morgan fingerprint density at radius 3 is 2.47 bits per heavy atom. The summed E-state index contributed by atoms with van der Waals surface area (Å²) in [5.74, 6) is 2.95. The van der Waals surface area contributed by atoms with E-state index in [9.17, 15) is 0 Å². The number of nitrogens with zero attached hydrogens (tertiary/aromatic N) is 7. The molecule has 0 bridgehead atoms. The predicted molar refractivity (Wildman–Crippen MR) is 146 cm³/mol. The van der Waals surface area contributed by atoms with Crippen LogP contribution in [-0.4, -0.2) is 42.0 Å². The topological polar surface area (TPSA) is 116 Å². The smallest absolute Gasteiger partial charge is 0.228 e. The SMILES string of the molecule is CNc1nccc(-c2cccnc2Oc2ccc(Nc3nnc(-n4cc(C)cn4)c4ccccc34)cc2)n1. The number of hydrogen-bond acceptors (Lipinski definition) is 9. The molecular weight excluding hydrogens is 478 g/mol. The van der Waals surface area contributed by atoms with Crippen molar-refractivity contribution in [1.29, 1.82) is 0 Å². The van der Waals surface area contributed by atoms with Crippen LogP contribution in [0.1, 0.15) is 5.56 Å². The molecule has 0 radical (unpaired) electrons. The van der Waals surface area contributed by atoms with E-state index in [1.54, 1.807) is 30.3 Å². The van der Waals surface area contributed by atoms with Gasteiger partial charge in [-0.1, -0.05) is 24.3 Å². The Hall–Kier alpha value is -5.38. The van der Waals surface area contributed by atoms with Gasteiger partial charge in [-0.05, 0) is 55.0 Å². The Morgan fingerprint density at radius 2 is 1.68 bits per heavy atom. The lowest BCUT2D eigenvalue weighted by atomic mass is 10.1. The first-order valence-electron chi connectivity index (χ1n) is 12.0. The summed E-state index contributed by atoms with van der Waals surface area (Å²) < 4.78 is 7.87. The van der Waals surface area contributed by atoms with E-state index in [2.05, 4.69) is 40.9 Å². The Balaban J connectivity index is 1.25. The van der Waals surface area contributed by atoms with Crippen LogP contribution in [0.25, 0.3) is 27.8 Å². The molecule has 10 nitrogen and oxygen atoms in total. The maximum absolute atomic E-state index is 6.12. The number of aromatic nitrogens is 7. The quantitative estimate of drug-likeness (QED) is 0.290. The molecule has 2 N–H and O–H groups in total. The van der Waals surface area contributed by atoms with E-state index >= 15 is 0 Å². The van der Waals surface area contributed by atoms with Gasteiger partial charge in [-0.15, -0.1) is 10.2 Å². The number of pyridine rings is 1. The highest BCUT2D eigenvalue weighted by atomic mass is 16.5. The highest BCUT2D eigenvalue weighted by molar-refractivity contribution is 5.97. The van der Waals surface area contributed by atoms with E-state index in [-0.39, 0.29) is 0 Å². The number of benzene rings is 2. The molecule has 10 heteroatoms. The van der Waals surface area contributed by atoms with Crippen molar-refractivity contribution in [3.63, 3.8) is 0 Å². The van der Waals surface area contributed by atoms with Gasteiger partial charge in [-0.25, -0.2) is 19.6 Å². The molecule has 0 fully saturated rings. The van der Waals surface area contributed by atoms with Crippen LogP contribution in [-0.2, 0) is 0 Å². The minimum atomic E-state index is 0.454. The normalized spacial score (nSPS) is 10.9. The average Bonchev–Trinajstić information content (AvgIpc) is 3.40. The van der Waals surface area contributed by atoms with Gasteiger partial charge in [0.25, 0.3) is 0 Å². The molecule has 186 valence electrons. The predicted octanol–water partition coefficient (Wildman–Crippen LogP) is 5.55. The van der Waals surface area contributed by atoms with E-state index in [0.29, 0.717) is 34.9 Å². The Labute approximate surface area is 218 Å². The third-order valence-electron chi connectivity index (χ3n) is 5.85. The van der Waals surface area contributed by atoms with Gasteiger partial charge in [-0.2, -0.15) is 5.10 Å². The van der Waals surface area contributed by atoms with Crippen molar-refractivity contribution in [1.82, 2.24) is 34.9 Å². The summed E-state index contributed by atoms with van der Waals surface area (Å²) in [7, 11) is 1.78. The monoisotopic (exact) mass is 501 g/mol. The molecule has 0 unspecified atom stereocenters. The molecule has 6 rings (SSSR count).